The lowest BCUT2D eigenvalue weighted by Crippen LogP contribution is -2.32. The number of hydrogen-bond acceptors (Lipinski definition) is 4. The van der Waals surface area contributed by atoms with Crippen molar-refractivity contribution >= 4 is 22.6 Å². The zero-order chi connectivity index (χ0) is 19.3. The number of amides is 1. The minimum absolute atomic E-state index is 0.108. The van der Waals surface area contributed by atoms with Gasteiger partial charge in [-0.1, -0.05) is 36.5 Å². The molecular weight excluding hydrogens is 342 g/mol. The normalized spacial score (nSPS) is 18.5. The van der Waals surface area contributed by atoms with Gasteiger partial charge in [0.1, 0.15) is 0 Å². The van der Waals surface area contributed by atoms with Crippen molar-refractivity contribution in [1.82, 2.24) is 10.2 Å². The Bertz CT molecular complexity index is 687. The van der Waals surface area contributed by atoms with E-state index in [9.17, 15) is 4.79 Å². The Morgan fingerprint density at radius 2 is 2.04 bits per heavy atom. The largest absolute Gasteiger partial charge is 0.401 e. The van der Waals surface area contributed by atoms with Crippen molar-refractivity contribution < 1.29 is 4.79 Å². The lowest BCUT2D eigenvalue weighted by Gasteiger charge is -2.20. The molecule has 0 spiro atoms. The molecule has 1 heterocycles. The number of thioether (sulfide) groups is 1. The molecule has 1 atom stereocenters. The number of benzene rings is 1. The molecule has 1 amide bonds. The second-order valence-corrected chi connectivity index (χ2v) is 8.23. The number of nitrogens with zero attached hydrogens (tertiary/aromatic N) is 1. The third-order valence-electron chi connectivity index (χ3n) is 4.98. The summed E-state index contributed by atoms with van der Waals surface area (Å²) >= 11 is 1.36. The molecule has 1 saturated heterocycles. The fraction of sp³-hybridized carbons (Fsp3) is 0.476. The van der Waals surface area contributed by atoms with Gasteiger partial charge in [-0.05, 0) is 70.3 Å². The van der Waals surface area contributed by atoms with Crippen LogP contribution in [0.15, 0.2) is 35.4 Å². The highest BCUT2D eigenvalue weighted by Gasteiger charge is 2.21. The molecule has 1 fully saturated rings. The summed E-state index contributed by atoms with van der Waals surface area (Å²) in [6.45, 7) is 11.9. The van der Waals surface area contributed by atoms with Gasteiger partial charge < -0.3 is 16.0 Å². The topological polar surface area (TPSA) is 58.4 Å². The lowest BCUT2D eigenvalue weighted by atomic mass is 10.0. The first-order chi connectivity index (χ1) is 12.3. The van der Waals surface area contributed by atoms with Crippen LogP contribution in [0.1, 0.15) is 42.9 Å². The number of carbonyl (C=O) groups excluding carboxylic acids is 1. The third kappa shape index (κ3) is 5.15. The molecule has 142 valence electrons. The maximum Gasteiger partial charge on any atom is 0.259 e. The Labute approximate surface area is 161 Å². The predicted molar refractivity (Wildman–Crippen MR) is 113 cm³/mol. The molecule has 4 nitrogen and oxygen atoms in total. The number of carbonyl (C=O) groups is 1. The van der Waals surface area contributed by atoms with Crippen molar-refractivity contribution in [3.05, 3.63) is 52.1 Å². The third-order valence-corrected chi connectivity index (χ3v) is 6.15. The van der Waals surface area contributed by atoms with Gasteiger partial charge in [0.2, 0.25) is 0 Å². The standard InChI is InChI=1S/C21H31N3OS/c1-14-8-6-9-15(2)19(14)17(4)26-20(16(3)22)21(25)23-12-11-18-10-7-13-24(18)5/h6,8-9,18H,4,7,10-13,22H2,1-3,5H3,(H,23,25)/b20-16-. The highest BCUT2D eigenvalue weighted by atomic mass is 32.2. The van der Waals surface area contributed by atoms with Crippen LogP contribution in [0.2, 0.25) is 0 Å². The number of nitrogens with one attached hydrogen (secondary N) is 1. The highest BCUT2D eigenvalue weighted by Crippen LogP contribution is 2.36. The second kappa shape index (κ2) is 9.28. The summed E-state index contributed by atoms with van der Waals surface area (Å²) < 4.78 is 0. The summed E-state index contributed by atoms with van der Waals surface area (Å²) in [5.41, 5.74) is 9.93. The molecule has 26 heavy (non-hydrogen) atoms. The average molecular weight is 374 g/mol. The molecule has 1 aliphatic heterocycles. The van der Waals surface area contributed by atoms with Gasteiger partial charge >= 0.3 is 0 Å². The highest BCUT2D eigenvalue weighted by molar-refractivity contribution is 8.12. The monoisotopic (exact) mass is 373 g/mol. The Hall–Kier alpha value is -1.72. The fourth-order valence-electron chi connectivity index (χ4n) is 3.51. The molecule has 0 saturated carbocycles. The zero-order valence-electron chi connectivity index (χ0n) is 16.4. The van der Waals surface area contributed by atoms with E-state index in [-0.39, 0.29) is 5.91 Å². The number of rotatable bonds is 7. The SMILES string of the molecule is C=C(S/C(C(=O)NCCC1CCCN1C)=C(/C)N)c1c(C)cccc1C. The average Bonchev–Trinajstić information content (AvgIpc) is 2.97. The molecular formula is C21H31N3OS. The first-order valence-electron chi connectivity index (χ1n) is 9.19. The molecule has 1 aromatic rings. The van der Waals surface area contributed by atoms with Crippen LogP contribution in [-0.4, -0.2) is 37.0 Å². The van der Waals surface area contributed by atoms with Crippen LogP contribution < -0.4 is 11.1 Å². The lowest BCUT2D eigenvalue weighted by molar-refractivity contribution is -0.116. The van der Waals surface area contributed by atoms with Gasteiger partial charge in [-0.25, -0.2) is 0 Å². The Morgan fingerprint density at radius 1 is 1.38 bits per heavy atom. The summed E-state index contributed by atoms with van der Waals surface area (Å²) in [5.74, 6) is -0.108. The van der Waals surface area contributed by atoms with Crippen molar-refractivity contribution in [3.8, 4) is 0 Å². The van der Waals surface area contributed by atoms with Crippen molar-refractivity contribution in [2.45, 2.75) is 46.1 Å². The predicted octanol–water partition coefficient (Wildman–Crippen LogP) is 3.80. The molecule has 1 unspecified atom stereocenters. The molecule has 1 aliphatic rings. The molecule has 0 aromatic heterocycles. The Kier molecular flexibility index (Phi) is 7.35. The van der Waals surface area contributed by atoms with Gasteiger partial charge in [-0.3, -0.25) is 4.79 Å². The summed E-state index contributed by atoms with van der Waals surface area (Å²) in [4.78, 5) is 16.4. The molecule has 2 rings (SSSR count). The molecule has 0 aliphatic carbocycles. The zero-order valence-corrected chi connectivity index (χ0v) is 17.2. The number of nitrogens with two attached hydrogens (primary N) is 1. The summed E-state index contributed by atoms with van der Waals surface area (Å²) in [6.07, 6.45) is 3.43. The van der Waals surface area contributed by atoms with Gasteiger partial charge in [-0.15, -0.1) is 0 Å². The van der Waals surface area contributed by atoms with Crippen molar-refractivity contribution in [2.75, 3.05) is 20.1 Å². The maximum absolute atomic E-state index is 12.7. The molecule has 0 radical (unpaired) electrons. The van der Waals surface area contributed by atoms with Gasteiger partial charge in [0.25, 0.3) is 5.91 Å². The van der Waals surface area contributed by atoms with E-state index in [4.69, 9.17) is 5.73 Å². The van der Waals surface area contributed by atoms with Crippen molar-refractivity contribution in [1.29, 1.82) is 0 Å². The van der Waals surface area contributed by atoms with Crippen LogP contribution in [0.25, 0.3) is 4.91 Å². The van der Waals surface area contributed by atoms with Crippen LogP contribution >= 0.6 is 11.8 Å². The number of likely N-dealkylation sites (tertiary alicyclic amines) is 1. The van der Waals surface area contributed by atoms with Crippen molar-refractivity contribution in [3.63, 3.8) is 0 Å². The molecule has 1 aromatic carbocycles. The van der Waals surface area contributed by atoms with Crippen LogP contribution in [0, 0.1) is 13.8 Å². The van der Waals surface area contributed by atoms with Crippen LogP contribution in [0.3, 0.4) is 0 Å². The molecule has 0 bridgehead atoms. The number of hydrogen-bond donors (Lipinski definition) is 2. The maximum atomic E-state index is 12.7. The van der Waals surface area contributed by atoms with E-state index in [0.29, 0.717) is 23.2 Å². The van der Waals surface area contributed by atoms with Crippen LogP contribution in [0.4, 0.5) is 0 Å². The Morgan fingerprint density at radius 3 is 2.58 bits per heavy atom. The smallest absolute Gasteiger partial charge is 0.259 e. The number of allylic oxidation sites excluding steroid dienone is 1. The van der Waals surface area contributed by atoms with Gasteiger partial charge in [-0.2, -0.15) is 0 Å². The first kappa shape index (κ1) is 20.6. The van der Waals surface area contributed by atoms with Crippen molar-refractivity contribution in [2.24, 2.45) is 5.73 Å². The molecule has 3 N–H and O–H groups in total. The van der Waals surface area contributed by atoms with E-state index in [1.54, 1.807) is 6.92 Å². The first-order valence-corrected chi connectivity index (χ1v) is 10.0. The minimum atomic E-state index is -0.108. The quantitative estimate of drug-likeness (QED) is 0.714. The van der Waals surface area contributed by atoms with E-state index < -0.39 is 0 Å². The van der Waals surface area contributed by atoms with E-state index in [2.05, 4.69) is 49.8 Å². The van der Waals surface area contributed by atoms with E-state index >= 15 is 0 Å². The summed E-state index contributed by atoms with van der Waals surface area (Å²) in [7, 11) is 2.15. The van der Waals surface area contributed by atoms with Crippen LogP contribution in [-0.2, 0) is 4.79 Å². The van der Waals surface area contributed by atoms with Crippen LogP contribution in [0.5, 0.6) is 0 Å². The summed E-state index contributed by atoms with van der Waals surface area (Å²) in [5, 5.41) is 3.03. The minimum Gasteiger partial charge on any atom is -0.401 e. The molecule has 5 heteroatoms. The fourth-order valence-corrected chi connectivity index (χ4v) is 4.51. The second-order valence-electron chi connectivity index (χ2n) is 7.13. The van der Waals surface area contributed by atoms with Gasteiger partial charge in [0.05, 0.1) is 4.91 Å². The number of aryl methyl sites for hydroxylation is 2. The van der Waals surface area contributed by atoms with E-state index in [0.717, 1.165) is 34.6 Å². The van der Waals surface area contributed by atoms with Gasteiger partial charge in [0.15, 0.2) is 0 Å². The van der Waals surface area contributed by atoms with Gasteiger partial charge in [0, 0.05) is 23.2 Å². The van der Waals surface area contributed by atoms with E-state index in [1.807, 2.05) is 6.07 Å². The van der Waals surface area contributed by atoms with E-state index in [1.165, 1.54) is 24.6 Å². The summed E-state index contributed by atoms with van der Waals surface area (Å²) in [6, 6.07) is 6.72. The Balaban J connectivity index is 1.99.